The molecule has 1 fully saturated rings. The predicted octanol–water partition coefficient (Wildman–Crippen LogP) is 0.773. The second kappa shape index (κ2) is 7.97. The Morgan fingerprint density at radius 2 is 2.05 bits per heavy atom. The average Bonchev–Trinajstić information content (AvgIpc) is 2.49. The molecule has 1 saturated heterocycles. The van der Waals surface area contributed by atoms with Crippen LogP contribution in [0.1, 0.15) is 6.42 Å². The van der Waals surface area contributed by atoms with Crippen molar-refractivity contribution in [2.24, 2.45) is 0 Å². The van der Waals surface area contributed by atoms with Crippen LogP contribution < -0.4 is 16.0 Å². The van der Waals surface area contributed by atoms with Crippen molar-refractivity contribution in [1.29, 1.82) is 0 Å². The van der Waals surface area contributed by atoms with E-state index in [9.17, 15) is 9.59 Å². The van der Waals surface area contributed by atoms with E-state index in [1.807, 2.05) is 0 Å². The molecule has 1 aliphatic rings. The number of carbonyl (C=O) groups is 2. The summed E-state index contributed by atoms with van der Waals surface area (Å²) in [6, 6.07) is 6.78. The number of anilines is 1. The molecule has 6 nitrogen and oxygen atoms in total. The maximum absolute atomic E-state index is 11.7. The number of benzene rings is 1. The smallest absolute Gasteiger partial charge is 0.243 e. The van der Waals surface area contributed by atoms with Gasteiger partial charge < -0.3 is 20.7 Å². The van der Waals surface area contributed by atoms with Crippen molar-refractivity contribution in [2.75, 3.05) is 31.6 Å². The minimum absolute atomic E-state index is 0.0121. The van der Waals surface area contributed by atoms with Crippen molar-refractivity contribution < 1.29 is 14.3 Å². The molecular formula is C14H18ClN3O3. The van der Waals surface area contributed by atoms with Crippen molar-refractivity contribution in [3.63, 3.8) is 0 Å². The van der Waals surface area contributed by atoms with Gasteiger partial charge in [-0.3, -0.25) is 9.59 Å². The molecule has 114 valence electrons. The molecular weight excluding hydrogens is 294 g/mol. The molecule has 0 radical (unpaired) electrons. The summed E-state index contributed by atoms with van der Waals surface area (Å²) in [6.45, 7) is 1.87. The van der Waals surface area contributed by atoms with Gasteiger partial charge in [0.05, 0.1) is 19.8 Å². The molecule has 7 heteroatoms. The Balaban J connectivity index is 1.68. The summed E-state index contributed by atoms with van der Waals surface area (Å²) in [6.07, 6.45) is 0.300. The minimum atomic E-state index is -0.279. The van der Waals surface area contributed by atoms with E-state index in [1.54, 1.807) is 24.3 Å². The predicted molar refractivity (Wildman–Crippen MR) is 80.3 cm³/mol. The maximum atomic E-state index is 11.7. The van der Waals surface area contributed by atoms with E-state index in [2.05, 4.69) is 16.0 Å². The number of ether oxygens (including phenoxy) is 1. The third-order valence-corrected chi connectivity index (χ3v) is 3.26. The van der Waals surface area contributed by atoms with Gasteiger partial charge in [0.2, 0.25) is 11.8 Å². The summed E-state index contributed by atoms with van der Waals surface area (Å²) in [7, 11) is 0. The SMILES string of the molecule is O=C(CC1COCCN1)NCC(=O)Nc1ccc(Cl)cc1. The molecule has 1 aromatic rings. The van der Waals surface area contributed by atoms with Gasteiger partial charge in [-0.2, -0.15) is 0 Å². The summed E-state index contributed by atoms with van der Waals surface area (Å²) in [5, 5.41) is 9.05. The van der Waals surface area contributed by atoms with Gasteiger partial charge in [-0.1, -0.05) is 11.6 Å². The normalized spacial score (nSPS) is 18.0. The van der Waals surface area contributed by atoms with Crippen LogP contribution in [0.5, 0.6) is 0 Å². The molecule has 0 aliphatic carbocycles. The lowest BCUT2D eigenvalue weighted by Crippen LogP contribution is -2.45. The summed E-state index contributed by atoms with van der Waals surface area (Å²) in [5.41, 5.74) is 0.640. The van der Waals surface area contributed by atoms with Crippen molar-refractivity contribution in [3.05, 3.63) is 29.3 Å². The van der Waals surface area contributed by atoms with Crippen LogP contribution in [0.4, 0.5) is 5.69 Å². The highest BCUT2D eigenvalue weighted by molar-refractivity contribution is 6.30. The van der Waals surface area contributed by atoms with Gasteiger partial charge in [0.1, 0.15) is 0 Å². The molecule has 2 rings (SSSR count). The Hall–Kier alpha value is -1.63. The van der Waals surface area contributed by atoms with Crippen molar-refractivity contribution in [2.45, 2.75) is 12.5 Å². The summed E-state index contributed by atoms with van der Waals surface area (Å²) < 4.78 is 5.26. The molecule has 1 aromatic carbocycles. The van der Waals surface area contributed by atoms with Gasteiger partial charge in [-0.05, 0) is 24.3 Å². The molecule has 1 atom stereocenters. The molecule has 1 aliphatic heterocycles. The second-order valence-electron chi connectivity index (χ2n) is 4.76. The maximum Gasteiger partial charge on any atom is 0.243 e. The third-order valence-electron chi connectivity index (χ3n) is 3.00. The Labute approximate surface area is 128 Å². The van der Waals surface area contributed by atoms with E-state index in [-0.39, 0.29) is 24.4 Å². The fourth-order valence-corrected chi connectivity index (χ4v) is 2.09. The topological polar surface area (TPSA) is 79.5 Å². The van der Waals surface area contributed by atoms with Gasteiger partial charge >= 0.3 is 0 Å². The number of carbonyl (C=O) groups excluding carboxylic acids is 2. The summed E-state index contributed by atoms with van der Waals surface area (Å²) in [4.78, 5) is 23.4. The lowest BCUT2D eigenvalue weighted by Gasteiger charge is -2.23. The number of hydrogen-bond acceptors (Lipinski definition) is 4. The molecule has 21 heavy (non-hydrogen) atoms. The first-order valence-corrected chi connectivity index (χ1v) is 7.14. The van der Waals surface area contributed by atoms with Gasteiger partial charge in [0.15, 0.2) is 0 Å². The van der Waals surface area contributed by atoms with Gasteiger partial charge in [0.25, 0.3) is 0 Å². The van der Waals surface area contributed by atoms with Crippen LogP contribution in [0.25, 0.3) is 0 Å². The summed E-state index contributed by atoms with van der Waals surface area (Å²) >= 11 is 5.76. The average molecular weight is 312 g/mol. The van der Waals surface area contributed by atoms with E-state index in [0.717, 1.165) is 6.54 Å². The van der Waals surface area contributed by atoms with Crippen LogP contribution in [-0.4, -0.2) is 44.2 Å². The highest BCUT2D eigenvalue weighted by Crippen LogP contribution is 2.12. The van der Waals surface area contributed by atoms with Crippen LogP contribution in [-0.2, 0) is 14.3 Å². The molecule has 1 heterocycles. The second-order valence-corrected chi connectivity index (χ2v) is 5.20. The van der Waals surface area contributed by atoms with Crippen molar-refractivity contribution in [1.82, 2.24) is 10.6 Å². The third kappa shape index (κ3) is 5.71. The van der Waals surface area contributed by atoms with Crippen LogP contribution in [0.15, 0.2) is 24.3 Å². The van der Waals surface area contributed by atoms with E-state index < -0.39 is 0 Å². The zero-order valence-corrected chi connectivity index (χ0v) is 12.3. The first-order chi connectivity index (χ1) is 10.1. The number of halogens is 1. The first-order valence-electron chi connectivity index (χ1n) is 6.77. The van der Waals surface area contributed by atoms with Crippen molar-refractivity contribution in [3.8, 4) is 0 Å². The Bertz CT molecular complexity index is 487. The number of rotatable bonds is 5. The largest absolute Gasteiger partial charge is 0.378 e. The zero-order valence-electron chi connectivity index (χ0n) is 11.5. The molecule has 2 amide bonds. The quantitative estimate of drug-likeness (QED) is 0.750. The van der Waals surface area contributed by atoms with Crippen LogP contribution in [0.3, 0.4) is 0 Å². The number of nitrogens with one attached hydrogen (secondary N) is 3. The Morgan fingerprint density at radius 3 is 2.71 bits per heavy atom. The molecule has 0 saturated carbocycles. The zero-order chi connectivity index (χ0) is 15.1. The minimum Gasteiger partial charge on any atom is -0.378 e. The van der Waals surface area contributed by atoms with Gasteiger partial charge in [-0.25, -0.2) is 0 Å². The van der Waals surface area contributed by atoms with E-state index >= 15 is 0 Å². The Kier molecular flexibility index (Phi) is 5.98. The standard InChI is InChI=1S/C14H18ClN3O3/c15-10-1-3-11(4-2-10)18-14(20)8-17-13(19)7-12-9-21-6-5-16-12/h1-4,12,16H,5-9H2,(H,17,19)(H,18,20). The van der Waals surface area contributed by atoms with E-state index in [0.29, 0.717) is 30.3 Å². The molecule has 3 N–H and O–H groups in total. The number of hydrogen-bond donors (Lipinski definition) is 3. The van der Waals surface area contributed by atoms with Crippen LogP contribution >= 0.6 is 11.6 Å². The molecule has 0 aromatic heterocycles. The van der Waals surface area contributed by atoms with E-state index in [4.69, 9.17) is 16.3 Å². The lowest BCUT2D eigenvalue weighted by atomic mass is 10.2. The highest BCUT2D eigenvalue weighted by atomic mass is 35.5. The molecule has 1 unspecified atom stereocenters. The van der Waals surface area contributed by atoms with Crippen LogP contribution in [0, 0.1) is 0 Å². The Morgan fingerprint density at radius 1 is 1.29 bits per heavy atom. The van der Waals surface area contributed by atoms with Crippen molar-refractivity contribution >= 4 is 29.1 Å². The van der Waals surface area contributed by atoms with E-state index in [1.165, 1.54) is 0 Å². The number of morpholine rings is 1. The molecule has 0 spiro atoms. The monoisotopic (exact) mass is 311 g/mol. The fourth-order valence-electron chi connectivity index (χ4n) is 1.96. The van der Waals surface area contributed by atoms with Gasteiger partial charge in [0, 0.05) is 29.7 Å². The van der Waals surface area contributed by atoms with Gasteiger partial charge in [-0.15, -0.1) is 0 Å². The molecule has 0 bridgehead atoms. The lowest BCUT2D eigenvalue weighted by molar-refractivity contribution is -0.125. The summed E-state index contributed by atoms with van der Waals surface area (Å²) in [5.74, 6) is -0.456. The highest BCUT2D eigenvalue weighted by Gasteiger charge is 2.17. The number of amides is 2. The fraction of sp³-hybridized carbons (Fsp3) is 0.429. The first kappa shape index (κ1) is 15.8. The van der Waals surface area contributed by atoms with Crippen LogP contribution in [0.2, 0.25) is 5.02 Å².